The molecule has 0 spiro atoms. The molecule has 142 valence electrons. The van der Waals surface area contributed by atoms with Crippen LogP contribution in [0.5, 0.6) is 5.75 Å². The second kappa shape index (κ2) is 9.14. The molecule has 27 heavy (non-hydrogen) atoms. The van der Waals surface area contributed by atoms with E-state index in [1.54, 1.807) is 57.2 Å². The van der Waals surface area contributed by atoms with Crippen LogP contribution < -0.4 is 20.7 Å². The molecule has 0 heterocycles. The molecule has 0 aliphatic carbocycles. The van der Waals surface area contributed by atoms with E-state index < -0.39 is 5.60 Å². The van der Waals surface area contributed by atoms with Crippen LogP contribution in [0.25, 0.3) is 0 Å². The number of carbonyl (C=O) groups excluding carboxylic acids is 2. The molecule has 2 rings (SSSR count). The first-order chi connectivity index (χ1) is 12.8. The fraction of sp³-hybridized carbons (Fsp3) is 0.250. The first-order valence-electron chi connectivity index (χ1n) is 8.56. The van der Waals surface area contributed by atoms with Crippen molar-refractivity contribution in [1.82, 2.24) is 5.32 Å². The molecule has 0 saturated heterocycles. The molecule has 2 aromatic rings. The second-order valence-electron chi connectivity index (χ2n) is 6.31. The van der Waals surface area contributed by atoms with E-state index in [1.165, 1.54) is 0 Å². The largest absolute Gasteiger partial charge is 0.478 e. The molecule has 0 radical (unpaired) electrons. The minimum atomic E-state index is -1.04. The number of amides is 2. The Balaban J connectivity index is 1.94. The number of rotatable bonds is 6. The molecule has 3 N–H and O–H groups in total. The molecule has 0 aromatic heterocycles. The van der Waals surface area contributed by atoms with Crippen molar-refractivity contribution in [2.75, 3.05) is 10.6 Å². The summed E-state index contributed by atoms with van der Waals surface area (Å²) in [5, 5.41) is 8.54. The normalized spacial score (nSPS) is 10.6. The molecule has 2 aromatic carbocycles. The summed E-state index contributed by atoms with van der Waals surface area (Å²) in [7, 11) is 0. The van der Waals surface area contributed by atoms with Crippen LogP contribution >= 0.6 is 12.2 Å². The Morgan fingerprint density at radius 3 is 2.07 bits per heavy atom. The SMILES string of the molecule is CCC(=O)NC(=S)Nc1ccc(NC(=O)C(C)(C)Oc2ccccc2)cc1. The van der Waals surface area contributed by atoms with Gasteiger partial charge in [-0.15, -0.1) is 0 Å². The molecule has 7 heteroatoms. The molecule has 0 atom stereocenters. The van der Waals surface area contributed by atoms with Crippen molar-refractivity contribution in [3.63, 3.8) is 0 Å². The van der Waals surface area contributed by atoms with Gasteiger partial charge in [-0.2, -0.15) is 0 Å². The summed E-state index contributed by atoms with van der Waals surface area (Å²) in [6.07, 6.45) is 0.355. The van der Waals surface area contributed by atoms with Gasteiger partial charge in [0.15, 0.2) is 10.7 Å². The lowest BCUT2D eigenvalue weighted by Gasteiger charge is -2.25. The molecule has 0 bridgehead atoms. The third kappa shape index (κ3) is 6.38. The van der Waals surface area contributed by atoms with Gasteiger partial charge in [0.05, 0.1) is 0 Å². The third-order valence-electron chi connectivity index (χ3n) is 3.64. The molecule has 0 unspecified atom stereocenters. The summed E-state index contributed by atoms with van der Waals surface area (Å²) in [5.41, 5.74) is 0.289. The van der Waals surface area contributed by atoms with Crippen molar-refractivity contribution in [2.24, 2.45) is 0 Å². The van der Waals surface area contributed by atoms with Crippen LogP contribution in [0.1, 0.15) is 27.2 Å². The van der Waals surface area contributed by atoms with E-state index in [4.69, 9.17) is 17.0 Å². The summed E-state index contributed by atoms with van der Waals surface area (Å²) >= 11 is 5.06. The number of benzene rings is 2. The van der Waals surface area contributed by atoms with Gasteiger partial charge in [0.25, 0.3) is 5.91 Å². The number of nitrogens with one attached hydrogen (secondary N) is 3. The van der Waals surface area contributed by atoms with Crippen LogP contribution in [-0.4, -0.2) is 22.5 Å². The van der Waals surface area contributed by atoms with Crippen molar-refractivity contribution in [3.05, 3.63) is 54.6 Å². The smallest absolute Gasteiger partial charge is 0.267 e. The van der Waals surface area contributed by atoms with Crippen LogP contribution in [0, 0.1) is 0 Å². The Hall–Kier alpha value is -2.93. The lowest BCUT2D eigenvalue weighted by atomic mass is 10.1. The highest BCUT2D eigenvalue weighted by Gasteiger charge is 2.30. The van der Waals surface area contributed by atoms with Gasteiger partial charge < -0.3 is 20.7 Å². The maximum Gasteiger partial charge on any atom is 0.267 e. The topological polar surface area (TPSA) is 79.5 Å². The summed E-state index contributed by atoms with van der Waals surface area (Å²) in [6.45, 7) is 5.17. The Morgan fingerprint density at radius 2 is 1.52 bits per heavy atom. The van der Waals surface area contributed by atoms with Gasteiger partial charge in [-0.05, 0) is 62.5 Å². The first-order valence-corrected chi connectivity index (χ1v) is 8.97. The van der Waals surface area contributed by atoms with Crippen molar-refractivity contribution >= 4 is 40.5 Å². The van der Waals surface area contributed by atoms with E-state index in [2.05, 4.69) is 16.0 Å². The summed E-state index contributed by atoms with van der Waals surface area (Å²) < 4.78 is 5.78. The fourth-order valence-electron chi connectivity index (χ4n) is 2.13. The number of hydrogen-bond donors (Lipinski definition) is 3. The van der Waals surface area contributed by atoms with Crippen LogP contribution in [0.4, 0.5) is 11.4 Å². The Kier molecular flexibility index (Phi) is 6.90. The van der Waals surface area contributed by atoms with Crippen molar-refractivity contribution < 1.29 is 14.3 Å². The lowest BCUT2D eigenvalue weighted by molar-refractivity contribution is -0.128. The summed E-state index contributed by atoms with van der Waals surface area (Å²) in [6, 6.07) is 16.2. The molecule has 2 amide bonds. The van der Waals surface area contributed by atoms with Crippen LogP contribution in [0.2, 0.25) is 0 Å². The molecule has 0 aliphatic rings. The molecule has 6 nitrogen and oxygen atoms in total. The third-order valence-corrected chi connectivity index (χ3v) is 3.84. The zero-order valence-corrected chi connectivity index (χ0v) is 16.4. The Labute approximate surface area is 164 Å². The van der Waals surface area contributed by atoms with Gasteiger partial charge in [-0.3, -0.25) is 9.59 Å². The highest BCUT2D eigenvalue weighted by Crippen LogP contribution is 2.20. The minimum absolute atomic E-state index is 0.156. The zero-order valence-electron chi connectivity index (χ0n) is 15.5. The zero-order chi connectivity index (χ0) is 19.9. The van der Waals surface area contributed by atoms with E-state index in [9.17, 15) is 9.59 Å². The van der Waals surface area contributed by atoms with Gasteiger partial charge in [0, 0.05) is 17.8 Å². The minimum Gasteiger partial charge on any atom is -0.478 e. The number of para-hydroxylation sites is 1. The Bertz CT molecular complexity index is 805. The summed E-state index contributed by atoms with van der Waals surface area (Å²) in [5.74, 6) is 0.203. The average molecular weight is 385 g/mol. The molecule has 0 fully saturated rings. The predicted molar refractivity (Wildman–Crippen MR) is 111 cm³/mol. The van der Waals surface area contributed by atoms with Gasteiger partial charge in [0.2, 0.25) is 5.91 Å². The fourth-order valence-corrected chi connectivity index (χ4v) is 2.36. The van der Waals surface area contributed by atoms with E-state index in [0.717, 1.165) is 0 Å². The monoisotopic (exact) mass is 385 g/mol. The lowest BCUT2D eigenvalue weighted by Crippen LogP contribution is -2.42. The quantitative estimate of drug-likeness (QED) is 0.661. The number of thiocarbonyl (C=S) groups is 1. The van der Waals surface area contributed by atoms with Crippen molar-refractivity contribution in [3.8, 4) is 5.75 Å². The number of hydrogen-bond acceptors (Lipinski definition) is 4. The number of anilines is 2. The summed E-state index contributed by atoms with van der Waals surface area (Å²) in [4.78, 5) is 23.9. The standard InChI is InChI=1S/C20H23N3O3S/c1-4-17(24)23-19(27)22-15-12-10-14(11-13-15)21-18(25)20(2,3)26-16-8-6-5-7-9-16/h5-13H,4H2,1-3H3,(H,21,25)(H2,22,23,24,27). The highest BCUT2D eigenvalue weighted by atomic mass is 32.1. The van der Waals surface area contributed by atoms with Gasteiger partial charge in [0.1, 0.15) is 5.75 Å². The van der Waals surface area contributed by atoms with E-state index in [0.29, 0.717) is 23.5 Å². The van der Waals surface area contributed by atoms with Gasteiger partial charge >= 0.3 is 0 Å². The molecule has 0 saturated carbocycles. The highest BCUT2D eigenvalue weighted by molar-refractivity contribution is 7.80. The van der Waals surface area contributed by atoms with E-state index in [1.807, 2.05) is 18.2 Å². The number of ether oxygens (including phenoxy) is 1. The number of carbonyl (C=O) groups is 2. The van der Waals surface area contributed by atoms with Crippen LogP contribution in [0.15, 0.2) is 54.6 Å². The Morgan fingerprint density at radius 1 is 0.963 bits per heavy atom. The van der Waals surface area contributed by atoms with E-state index in [-0.39, 0.29) is 16.9 Å². The van der Waals surface area contributed by atoms with Crippen molar-refractivity contribution in [2.45, 2.75) is 32.8 Å². The van der Waals surface area contributed by atoms with E-state index >= 15 is 0 Å². The molecule has 0 aliphatic heterocycles. The van der Waals surface area contributed by atoms with Crippen LogP contribution in [-0.2, 0) is 9.59 Å². The predicted octanol–water partition coefficient (Wildman–Crippen LogP) is 3.71. The molecular formula is C20H23N3O3S. The maximum atomic E-state index is 12.5. The molecular weight excluding hydrogens is 362 g/mol. The van der Waals surface area contributed by atoms with Gasteiger partial charge in [-0.25, -0.2) is 0 Å². The van der Waals surface area contributed by atoms with Crippen LogP contribution in [0.3, 0.4) is 0 Å². The second-order valence-corrected chi connectivity index (χ2v) is 6.72. The van der Waals surface area contributed by atoms with Crippen molar-refractivity contribution in [1.29, 1.82) is 0 Å². The first kappa shape index (κ1) is 20.4. The average Bonchev–Trinajstić information content (AvgIpc) is 2.63. The van der Waals surface area contributed by atoms with Gasteiger partial charge in [-0.1, -0.05) is 25.1 Å². The maximum absolute atomic E-state index is 12.5.